The highest BCUT2D eigenvalue weighted by Crippen LogP contribution is 2.32. The highest BCUT2D eigenvalue weighted by atomic mass is 16.6. The van der Waals surface area contributed by atoms with Crippen LogP contribution in [0.1, 0.15) is 29.0 Å². The number of fused-ring (bicyclic) bond motifs is 1. The zero-order chi connectivity index (χ0) is 17.8. The van der Waals surface area contributed by atoms with Crippen LogP contribution in [0.25, 0.3) is 5.69 Å². The summed E-state index contributed by atoms with van der Waals surface area (Å²) in [6.45, 7) is 3.00. The second kappa shape index (κ2) is 7.20. The second-order valence-electron chi connectivity index (χ2n) is 5.52. The summed E-state index contributed by atoms with van der Waals surface area (Å²) in [5.41, 5.74) is 1.48. The van der Waals surface area contributed by atoms with Crippen LogP contribution in [0.4, 0.5) is 0 Å². The summed E-state index contributed by atoms with van der Waals surface area (Å²) in [4.78, 5) is 22.6. The fourth-order valence-corrected chi connectivity index (χ4v) is 2.47. The number of carbonyl (C=O) groups excluding carboxylic acids is 1. The number of nitrogens with zero attached hydrogens (tertiary/aromatic N) is 3. The van der Waals surface area contributed by atoms with Crippen molar-refractivity contribution < 1.29 is 24.2 Å². The number of hydrogen-bond donors (Lipinski definition) is 2. The molecule has 1 aliphatic heterocycles. The molecule has 0 radical (unpaired) electrons. The number of hydrogen-bond acceptors (Lipinski definition) is 6. The van der Waals surface area contributed by atoms with Crippen molar-refractivity contribution in [2.24, 2.45) is 0 Å². The SMILES string of the molecule is Cc1c(C(=O)NCCCC(=O)O)nnn1-c1ccc2c(c1)OCCO2. The van der Waals surface area contributed by atoms with Gasteiger partial charge in [-0.3, -0.25) is 9.59 Å². The Labute approximate surface area is 143 Å². The van der Waals surface area contributed by atoms with Crippen molar-refractivity contribution in [1.29, 1.82) is 0 Å². The molecule has 1 aromatic carbocycles. The molecule has 0 fully saturated rings. The van der Waals surface area contributed by atoms with Crippen molar-refractivity contribution in [2.45, 2.75) is 19.8 Å². The van der Waals surface area contributed by atoms with Gasteiger partial charge < -0.3 is 19.9 Å². The molecule has 3 rings (SSSR count). The number of benzene rings is 1. The average Bonchev–Trinajstić information content (AvgIpc) is 2.99. The average molecular weight is 346 g/mol. The molecule has 1 aromatic heterocycles. The van der Waals surface area contributed by atoms with Gasteiger partial charge in [0.05, 0.1) is 11.4 Å². The summed E-state index contributed by atoms with van der Waals surface area (Å²) in [6.07, 6.45) is 0.361. The number of aliphatic carboxylic acids is 1. The summed E-state index contributed by atoms with van der Waals surface area (Å²) in [5.74, 6) is 0.0177. The molecule has 0 bridgehead atoms. The van der Waals surface area contributed by atoms with Crippen LogP contribution in [0, 0.1) is 6.92 Å². The zero-order valence-electron chi connectivity index (χ0n) is 13.7. The van der Waals surface area contributed by atoms with Crippen LogP contribution < -0.4 is 14.8 Å². The molecule has 2 heterocycles. The van der Waals surface area contributed by atoms with E-state index in [4.69, 9.17) is 14.6 Å². The quantitative estimate of drug-likeness (QED) is 0.748. The number of carboxylic acid groups (broad SMARTS) is 1. The van der Waals surface area contributed by atoms with Crippen LogP contribution in [0.2, 0.25) is 0 Å². The lowest BCUT2D eigenvalue weighted by Gasteiger charge is -2.18. The third kappa shape index (κ3) is 3.70. The van der Waals surface area contributed by atoms with E-state index in [9.17, 15) is 9.59 Å². The summed E-state index contributed by atoms with van der Waals surface area (Å²) >= 11 is 0. The molecule has 2 aromatic rings. The van der Waals surface area contributed by atoms with Gasteiger partial charge in [0.15, 0.2) is 17.2 Å². The molecule has 0 saturated carbocycles. The first-order valence-electron chi connectivity index (χ1n) is 7.88. The second-order valence-corrected chi connectivity index (χ2v) is 5.52. The van der Waals surface area contributed by atoms with E-state index >= 15 is 0 Å². The Hall–Kier alpha value is -3.10. The summed E-state index contributed by atoms with van der Waals surface area (Å²) in [7, 11) is 0. The van der Waals surface area contributed by atoms with Gasteiger partial charge >= 0.3 is 5.97 Å². The van der Waals surface area contributed by atoms with Gasteiger partial charge in [-0.05, 0) is 25.5 Å². The molecule has 0 unspecified atom stereocenters. The fourth-order valence-electron chi connectivity index (χ4n) is 2.47. The van der Waals surface area contributed by atoms with Gasteiger partial charge in [0.2, 0.25) is 0 Å². The van der Waals surface area contributed by atoms with Gasteiger partial charge in [0.25, 0.3) is 5.91 Å². The normalized spacial score (nSPS) is 12.7. The lowest BCUT2D eigenvalue weighted by molar-refractivity contribution is -0.137. The van der Waals surface area contributed by atoms with E-state index in [0.29, 0.717) is 42.5 Å². The maximum atomic E-state index is 12.2. The smallest absolute Gasteiger partial charge is 0.303 e. The Morgan fingerprint density at radius 2 is 2.04 bits per heavy atom. The van der Waals surface area contributed by atoms with Crippen molar-refractivity contribution >= 4 is 11.9 Å². The van der Waals surface area contributed by atoms with Gasteiger partial charge in [-0.15, -0.1) is 5.10 Å². The molecule has 9 nitrogen and oxygen atoms in total. The molecule has 0 atom stereocenters. The lowest BCUT2D eigenvalue weighted by atomic mass is 10.2. The van der Waals surface area contributed by atoms with Gasteiger partial charge in [0, 0.05) is 19.0 Å². The largest absolute Gasteiger partial charge is 0.486 e. The molecule has 132 valence electrons. The van der Waals surface area contributed by atoms with Crippen LogP contribution in [-0.4, -0.2) is 51.7 Å². The fraction of sp³-hybridized carbons (Fsp3) is 0.375. The van der Waals surface area contributed by atoms with Crippen LogP contribution in [0.3, 0.4) is 0 Å². The highest BCUT2D eigenvalue weighted by Gasteiger charge is 2.19. The Bertz CT molecular complexity index is 802. The monoisotopic (exact) mass is 346 g/mol. The minimum Gasteiger partial charge on any atom is -0.486 e. The first-order valence-corrected chi connectivity index (χ1v) is 7.88. The Balaban J connectivity index is 1.72. The van der Waals surface area contributed by atoms with Crippen molar-refractivity contribution in [1.82, 2.24) is 20.3 Å². The topological polar surface area (TPSA) is 116 Å². The van der Waals surface area contributed by atoms with E-state index < -0.39 is 5.97 Å². The third-order valence-electron chi connectivity index (χ3n) is 3.73. The number of aromatic nitrogens is 3. The first kappa shape index (κ1) is 16.7. The van der Waals surface area contributed by atoms with Crippen LogP contribution >= 0.6 is 0 Å². The van der Waals surface area contributed by atoms with Crippen LogP contribution in [0.5, 0.6) is 11.5 Å². The number of ether oxygens (including phenoxy) is 2. The summed E-state index contributed by atoms with van der Waals surface area (Å²) in [5, 5.41) is 19.2. The van der Waals surface area contributed by atoms with Crippen LogP contribution in [0.15, 0.2) is 18.2 Å². The molecular weight excluding hydrogens is 328 g/mol. The maximum Gasteiger partial charge on any atom is 0.303 e. The van der Waals surface area contributed by atoms with E-state index in [0.717, 1.165) is 0 Å². The molecule has 25 heavy (non-hydrogen) atoms. The maximum absolute atomic E-state index is 12.2. The summed E-state index contributed by atoms with van der Waals surface area (Å²) in [6, 6.07) is 5.38. The van der Waals surface area contributed by atoms with Crippen molar-refractivity contribution in [3.63, 3.8) is 0 Å². The number of carboxylic acids is 1. The molecule has 2 N–H and O–H groups in total. The minimum absolute atomic E-state index is 0.00312. The van der Waals surface area contributed by atoms with Gasteiger partial charge in [-0.1, -0.05) is 5.21 Å². The number of rotatable bonds is 6. The van der Waals surface area contributed by atoms with Crippen molar-refractivity contribution in [2.75, 3.05) is 19.8 Å². The first-order chi connectivity index (χ1) is 12.1. The number of nitrogens with one attached hydrogen (secondary N) is 1. The molecule has 0 saturated heterocycles. The number of amides is 1. The Kier molecular flexibility index (Phi) is 4.82. The van der Waals surface area contributed by atoms with Gasteiger partial charge in [-0.25, -0.2) is 4.68 Å². The van der Waals surface area contributed by atoms with Crippen molar-refractivity contribution in [3.05, 3.63) is 29.6 Å². The van der Waals surface area contributed by atoms with E-state index in [2.05, 4.69) is 15.6 Å². The zero-order valence-corrected chi connectivity index (χ0v) is 13.7. The molecular formula is C16H18N4O5. The van der Waals surface area contributed by atoms with Gasteiger partial charge in [-0.2, -0.15) is 0 Å². The Morgan fingerprint density at radius 3 is 2.80 bits per heavy atom. The molecule has 1 aliphatic rings. The predicted octanol–water partition coefficient (Wildman–Crippen LogP) is 0.942. The number of carbonyl (C=O) groups is 2. The van der Waals surface area contributed by atoms with Gasteiger partial charge in [0.1, 0.15) is 13.2 Å². The van der Waals surface area contributed by atoms with E-state index in [-0.39, 0.29) is 24.6 Å². The standard InChI is InChI=1S/C16H18N4O5/c1-10-15(16(23)17-6-2-3-14(21)22)18-19-20(10)11-4-5-12-13(9-11)25-8-7-24-12/h4-5,9H,2-3,6-8H2,1H3,(H,17,23)(H,21,22). The lowest BCUT2D eigenvalue weighted by Crippen LogP contribution is -2.26. The van der Waals surface area contributed by atoms with E-state index in [1.165, 1.54) is 0 Å². The molecule has 1 amide bonds. The van der Waals surface area contributed by atoms with Crippen molar-refractivity contribution in [3.8, 4) is 17.2 Å². The Morgan fingerprint density at radius 1 is 1.28 bits per heavy atom. The third-order valence-corrected chi connectivity index (χ3v) is 3.73. The summed E-state index contributed by atoms with van der Waals surface area (Å²) < 4.78 is 12.6. The molecule has 0 aliphatic carbocycles. The highest BCUT2D eigenvalue weighted by molar-refractivity contribution is 5.93. The minimum atomic E-state index is -0.894. The molecule has 0 spiro atoms. The van der Waals surface area contributed by atoms with E-state index in [1.807, 2.05) is 6.07 Å². The predicted molar refractivity (Wildman–Crippen MR) is 86.3 cm³/mol. The molecule has 9 heteroatoms. The van der Waals surface area contributed by atoms with E-state index in [1.54, 1.807) is 23.7 Å². The van der Waals surface area contributed by atoms with Crippen LogP contribution in [-0.2, 0) is 4.79 Å².